The molecule has 0 N–H and O–H groups in total. The number of hydrogen-bond acceptors (Lipinski definition) is 4. The number of furan rings is 1. The molecule has 0 bridgehead atoms. The molecular weight excluding hydrogens is 268 g/mol. The maximum absolute atomic E-state index is 11.7. The lowest BCUT2D eigenvalue weighted by Gasteiger charge is -2.14. The normalized spacial score (nSPS) is 15.1. The molecule has 0 aliphatic carbocycles. The van der Waals surface area contributed by atoms with E-state index in [2.05, 4.69) is 17.0 Å². The third-order valence-electron chi connectivity index (χ3n) is 3.70. The Labute approximate surface area is 123 Å². The summed E-state index contributed by atoms with van der Waals surface area (Å²) in [6.45, 7) is 4.53. The summed E-state index contributed by atoms with van der Waals surface area (Å²) in [6, 6.07) is 3.69. The van der Waals surface area contributed by atoms with Crippen LogP contribution < -0.4 is 0 Å². The number of rotatable bonds is 6. The molecule has 6 heteroatoms. The Morgan fingerprint density at radius 2 is 2.29 bits per heavy atom. The lowest BCUT2D eigenvalue weighted by atomic mass is 10.3. The highest BCUT2D eigenvalue weighted by atomic mass is 16.3. The van der Waals surface area contributed by atoms with Gasteiger partial charge >= 0.3 is 0 Å². The van der Waals surface area contributed by atoms with E-state index < -0.39 is 0 Å². The van der Waals surface area contributed by atoms with Gasteiger partial charge < -0.3 is 9.32 Å². The van der Waals surface area contributed by atoms with E-state index in [1.54, 1.807) is 6.26 Å². The summed E-state index contributed by atoms with van der Waals surface area (Å²) < 4.78 is 7.29. The van der Waals surface area contributed by atoms with E-state index in [0.717, 1.165) is 44.7 Å². The molecule has 112 valence electrons. The van der Waals surface area contributed by atoms with E-state index in [4.69, 9.17) is 4.42 Å². The Morgan fingerprint density at radius 3 is 2.95 bits per heavy atom. The van der Waals surface area contributed by atoms with Crippen molar-refractivity contribution in [3.05, 3.63) is 24.2 Å². The van der Waals surface area contributed by atoms with Gasteiger partial charge in [0.25, 0.3) is 0 Å². The molecule has 6 nitrogen and oxygen atoms in total. The second kappa shape index (κ2) is 6.11. The Bertz CT molecular complexity index is 603. The summed E-state index contributed by atoms with van der Waals surface area (Å²) >= 11 is 0. The highest BCUT2D eigenvalue weighted by Crippen LogP contribution is 2.17. The maximum Gasteiger partial charge on any atom is 0.222 e. The molecule has 1 fully saturated rings. The number of likely N-dealkylation sites (tertiary alicyclic amines) is 1. The van der Waals surface area contributed by atoms with Gasteiger partial charge in [0.15, 0.2) is 5.76 Å². The van der Waals surface area contributed by atoms with Crippen LogP contribution in [0.5, 0.6) is 0 Å². The van der Waals surface area contributed by atoms with E-state index in [1.165, 1.54) is 0 Å². The van der Waals surface area contributed by atoms with Crippen molar-refractivity contribution in [1.29, 1.82) is 0 Å². The number of amides is 1. The Balaban J connectivity index is 1.74. The van der Waals surface area contributed by atoms with Gasteiger partial charge in [-0.1, -0.05) is 6.92 Å². The molecule has 2 aromatic heterocycles. The minimum atomic E-state index is 0.253. The molecule has 0 saturated carbocycles. The first-order chi connectivity index (χ1) is 10.3. The standard InChI is InChI=1S/C15H20N4O2/c1-2-8-19-13(7-10-18-9-3-6-14(18)20)16-15(17-19)12-5-4-11-21-12/h4-5,11H,2-3,6-10H2,1H3. The van der Waals surface area contributed by atoms with E-state index in [0.29, 0.717) is 18.0 Å². The number of aromatic nitrogens is 3. The summed E-state index contributed by atoms with van der Waals surface area (Å²) in [4.78, 5) is 18.2. The van der Waals surface area contributed by atoms with Crippen molar-refractivity contribution >= 4 is 5.91 Å². The minimum absolute atomic E-state index is 0.253. The predicted octanol–water partition coefficient (Wildman–Crippen LogP) is 2.11. The van der Waals surface area contributed by atoms with Crippen LogP contribution >= 0.6 is 0 Å². The van der Waals surface area contributed by atoms with Crippen LogP contribution in [0.15, 0.2) is 22.8 Å². The zero-order valence-corrected chi connectivity index (χ0v) is 12.3. The van der Waals surface area contributed by atoms with Crippen molar-refractivity contribution in [3.8, 4) is 11.6 Å². The molecule has 0 atom stereocenters. The number of carbonyl (C=O) groups is 1. The summed E-state index contributed by atoms with van der Waals surface area (Å²) in [7, 11) is 0. The van der Waals surface area contributed by atoms with Crippen molar-refractivity contribution in [1.82, 2.24) is 19.7 Å². The molecule has 1 aliphatic heterocycles. The Kier molecular flexibility index (Phi) is 4.03. The van der Waals surface area contributed by atoms with Gasteiger partial charge in [-0.25, -0.2) is 9.67 Å². The van der Waals surface area contributed by atoms with Gasteiger partial charge in [-0.3, -0.25) is 4.79 Å². The molecule has 3 rings (SSSR count). The molecule has 0 radical (unpaired) electrons. The molecule has 1 saturated heterocycles. The third-order valence-corrected chi connectivity index (χ3v) is 3.70. The first-order valence-corrected chi connectivity index (χ1v) is 7.53. The zero-order chi connectivity index (χ0) is 14.7. The van der Waals surface area contributed by atoms with Gasteiger partial charge in [-0.2, -0.15) is 0 Å². The zero-order valence-electron chi connectivity index (χ0n) is 12.3. The van der Waals surface area contributed by atoms with Crippen molar-refractivity contribution < 1.29 is 9.21 Å². The number of hydrogen-bond donors (Lipinski definition) is 0. The quantitative estimate of drug-likeness (QED) is 0.816. The molecule has 2 aromatic rings. The number of nitrogens with zero attached hydrogens (tertiary/aromatic N) is 4. The monoisotopic (exact) mass is 288 g/mol. The molecule has 0 spiro atoms. The van der Waals surface area contributed by atoms with Crippen molar-refractivity contribution in [2.45, 2.75) is 39.2 Å². The summed E-state index contributed by atoms with van der Waals surface area (Å²) in [5.41, 5.74) is 0. The molecule has 1 aliphatic rings. The van der Waals surface area contributed by atoms with E-state index in [-0.39, 0.29) is 5.91 Å². The fourth-order valence-electron chi connectivity index (χ4n) is 2.64. The van der Waals surface area contributed by atoms with Crippen LogP contribution in [0.3, 0.4) is 0 Å². The lowest BCUT2D eigenvalue weighted by molar-refractivity contribution is -0.127. The van der Waals surface area contributed by atoms with E-state index >= 15 is 0 Å². The largest absolute Gasteiger partial charge is 0.461 e. The molecule has 1 amide bonds. The Hall–Kier alpha value is -2.11. The molecule has 0 unspecified atom stereocenters. The number of carbonyl (C=O) groups excluding carboxylic acids is 1. The Morgan fingerprint density at radius 1 is 1.38 bits per heavy atom. The van der Waals surface area contributed by atoms with Gasteiger partial charge in [-0.15, -0.1) is 5.10 Å². The van der Waals surface area contributed by atoms with Gasteiger partial charge in [0, 0.05) is 32.5 Å². The van der Waals surface area contributed by atoms with E-state index in [9.17, 15) is 4.79 Å². The fourth-order valence-corrected chi connectivity index (χ4v) is 2.64. The average molecular weight is 288 g/mol. The second-order valence-corrected chi connectivity index (χ2v) is 5.29. The topological polar surface area (TPSA) is 64.2 Å². The highest BCUT2D eigenvalue weighted by molar-refractivity contribution is 5.78. The van der Waals surface area contributed by atoms with Crippen LogP contribution in [0.1, 0.15) is 32.0 Å². The van der Waals surface area contributed by atoms with Crippen molar-refractivity contribution in [3.63, 3.8) is 0 Å². The van der Waals surface area contributed by atoms with Gasteiger partial charge in [0.2, 0.25) is 11.7 Å². The first-order valence-electron chi connectivity index (χ1n) is 7.53. The first kappa shape index (κ1) is 13.9. The summed E-state index contributed by atoms with van der Waals surface area (Å²) in [6.07, 6.45) is 5.01. The average Bonchev–Trinajstić information content (AvgIpc) is 3.18. The van der Waals surface area contributed by atoms with Crippen molar-refractivity contribution in [2.75, 3.05) is 13.1 Å². The van der Waals surface area contributed by atoms with Gasteiger partial charge in [-0.05, 0) is 25.0 Å². The summed E-state index contributed by atoms with van der Waals surface area (Å²) in [5, 5.41) is 4.52. The number of aryl methyl sites for hydroxylation is 1. The third kappa shape index (κ3) is 2.99. The van der Waals surface area contributed by atoms with Crippen molar-refractivity contribution in [2.24, 2.45) is 0 Å². The molecule has 21 heavy (non-hydrogen) atoms. The smallest absolute Gasteiger partial charge is 0.222 e. The van der Waals surface area contributed by atoms with Crippen LogP contribution in [-0.2, 0) is 17.8 Å². The van der Waals surface area contributed by atoms with E-state index in [1.807, 2.05) is 21.7 Å². The summed E-state index contributed by atoms with van der Waals surface area (Å²) in [5.74, 6) is 2.48. The lowest BCUT2D eigenvalue weighted by Crippen LogP contribution is -2.27. The van der Waals surface area contributed by atoms with Gasteiger partial charge in [0.05, 0.1) is 6.26 Å². The van der Waals surface area contributed by atoms with Crippen LogP contribution in [0.25, 0.3) is 11.6 Å². The SMILES string of the molecule is CCCn1nc(-c2ccco2)nc1CCN1CCCC1=O. The van der Waals surface area contributed by atoms with Crippen LogP contribution in [0, 0.1) is 0 Å². The minimum Gasteiger partial charge on any atom is -0.461 e. The highest BCUT2D eigenvalue weighted by Gasteiger charge is 2.21. The molecular formula is C15H20N4O2. The maximum atomic E-state index is 11.7. The molecule has 0 aromatic carbocycles. The fraction of sp³-hybridized carbons (Fsp3) is 0.533. The van der Waals surface area contributed by atoms with Crippen LogP contribution in [-0.4, -0.2) is 38.7 Å². The van der Waals surface area contributed by atoms with Gasteiger partial charge in [0.1, 0.15) is 5.82 Å². The van der Waals surface area contributed by atoms with Crippen LogP contribution in [0.2, 0.25) is 0 Å². The predicted molar refractivity (Wildman–Crippen MR) is 77.5 cm³/mol. The molecule has 3 heterocycles. The second-order valence-electron chi connectivity index (χ2n) is 5.29. The van der Waals surface area contributed by atoms with Crippen LogP contribution in [0.4, 0.5) is 0 Å².